The first-order valence-corrected chi connectivity index (χ1v) is 8.20. The van der Waals surface area contributed by atoms with E-state index < -0.39 is 11.7 Å². The molecule has 1 saturated heterocycles. The minimum Gasteiger partial charge on any atom is -0.486 e. The van der Waals surface area contributed by atoms with Gasteiger partial charge < -0.3 is 14.7 Å². The van der Waals surface area contributed by atoms with E-state index in [9.17, 15) is 18.4 Å². The summed E-state index contributed by atoms with van der Waals surface area (Å²) in [4.78, 5) is 0. The van der Waals surface area contributed by atoms with E-state index in [1.165, 1.54) is 11.1 Å². The van der Waals surface area contributed by atoms with Crippen LogP contribution in [-0.4, -0.2) is 36.1 Å². The Hall–Kier alpha value is -1.98. The molecule has 1 aromatic rings. The predicted octanol–water partition coefficient (Wildman–Crippen LogP) is 3.48. The maximum Gasteiger partial charge on any atom is 0.416 e. The zero-order chi connectivity index (χ0) is 18.0. The molecule has 0 unspecified atom stereocenters. The molecule has 2 bridgehead atoms. The standard InChI is InChI=1S/C17H19F3N2O3/c18-17(19,20)13-4-5-14(15(8-13)24-7-6-21)25-16-11-2-1-3-12(16)10-22(23)9-11/h4-5,8,11-12,16,23H,1-3,7,9-10H2/t11-,12-/m0/s1. The van der Waals surface area contributed by atoms with Crippen molar-refractivity contribution in [2.24, 2.45) is 11.8 Å². The predicted molar refractivity (Wildman–Crippen MR) is 81.2 cm³/mol. The smallest absolute Gasteiger partial charge is 0.416 e. The molecule has 5 nitrogen and oxygen atoms in total. The Morgan fingerprint density at radius 2 is 1.88 bits per heavy atom. The van der Waals surface area contributed by atoms with E-state index in [2.05, 4.69) is 0 Å². The van der Waals surface area contributed by atoms with Gasteiger partial charge in [-0.25, -0.2) is 0 Å². The summed E-state index contributed by atoms with van der Waals surface area (Å²) in [6.07, 6.45) is -1.84. The molecule has 0 amide bonds. The molecule has 1 aromatic carbocycles. The monoisotopic (exact) mass is 356 g/mol. The van der Waals surface area contributed by atoms with Crippen molar-refractivity contribution in [2.75, 3.05) is 19.7 Å². The fraction of sp³-hybridized carbons (Fsp3) is 0.588. The summed E-state index contributed by atoms with van der Waals surface area (Å²) in [5.74, 6) is 0.352. The van der Waals surface area contributed by atoms with Gasteiger partial charge in [-0.15, -0.1) is 0 Å². The molecule has 0 radical (unpaired) electrons. The first-order valence-electron chi connectivity index (χ1n) is 8.20. The van der Waals surface area contributed by atoms with Crippen molar-refractivity contribution in [3.05, 3.63) is 23.8 Å². The van der Waals surface area contributed by atoms with Crippen LogP contribution in [0.3, 0.4) is 0 Å². The van der Waals surface area contributed by atoms with Crippen molar-refractivity contribution in [1.82, 2.24) is 5.06 Å². The molecule has 1 heterocycles. The number of nitrogens with zero attached hydrogens (tertiary/aromatic N) is 2. The van der Waals surface area contributed by atoms with Gasteiger partial charge in [0.1, 0.15) is 12.2 Å². The molecule has 2 atom stereocenters. The van der Waals surface area contributed by atoms with Crippen LogP contribution >= 0.6 is 0 Å². The quantitative estimate of drug-likeness (QED) is 0.895. The molecule has 1 N–H and O–H groups in total. The number of alkyl halides is 3. The highest BCUT2D eigenvalue weighted by Crippen LogP contribution is 2.41. The van der Waals surface area contributed by atoms with Crippen molar-refractivity contribution in [3.63, 3.8) is 0 Å². The number of ether oxygens (including phenoxy) is 2. The summed E-state index contributed by atoms with van der Waals surface area (Å²) < 4.78 is 49.9. The molecule has 2 fully saturated rings. The molecule has 25 heavy (non-hydrogen) atoms. The van der Waals surface area contributed by atoms with Gasteiger partial charge >= 0.3 is 6.18 Å². The largest absolute Gasteiger partial charge is 0.486 e. The average Bonchev–Trinajstić information content (AvgIpc) is 2.53. The maximum atomic E-state index is 12.9. The number of halogens is 3. The lowest BCUT2D eigenvalue weighted by Crippen LogP contribution is -2.52. The topological polar surface area (TPSA) is 65.7 Å². The van der Waals surface area contributed by atoms with Gasteiger partial charge in [-0.1, -0.05) is 6.42 Å². The van der Waals surface area contributed by atoms with Crippen molar-refractivity contribution >= 4 is 0 Å². The minimum atomic E-state index is -4.50. The second-order valence-electron chi connectivity index (χ2n) is 6.51. The first-order chi connectivity index (χ1) is 11.9. The molecule has 1 aliphatic heterocycles. The number of piperidine rings is 1. The number of benzene rings is 1. The molecule has 2 aliphatic rings. The molecule has 0 aromatic heterocycles. The van der Waals surface area contributed by atoms with Crippen LogP contribution in [0.25, 0.3) is 0 Å². The number of rotatable bonds is 4. The van der Waals surface area contributed by atoms with Crippen LogP contribution in [0.2, 0.25) is 0 Å². The Morgan fingerprint density at radius 3 is 2.48 bits per heavy atom. The molecular formula is C17H19F3N2O3. The van der Waals surface area contributed by atoms with Crippen molar-refractivity contribution < 1.29 is 27.9 Å². The van der Waals surface area contributed by atoms with E-state index in [1.807, 2.05) is 0 Å². The molecule has 3 rings (SSSR count). The van der Waals surface area contributed by atoms with Gasteiger partial charge in [0.05, 0.1) is 5.56 Å². The molecular weight excluding hydrogens is 337 g/mol. The Kier molecular flexibility index (Phi) is 5.06. The van der Waals surface area contributed by atoms with Crippen LogP contribution in [0.5, 0.6) is 11.5 Å². The maximum absolute atomic E-state index is 12.9. The number of hydroxylamine groups is 2. The zero-order valence-electron chi connectivity index (χ0n) is 13.5. The fourth-order valence-corrected chi connectivity index (χ4v) is 3.71. The SMILES string of the molecule is N#CCOc1cc(C(F)(F)F)ccc1OC1[C@H]2CCC[C@H]1CN(O)C2. The summed E-state index contributed by atoms with van der Waals surface area (Å²) in [6, 6.07) is 4.81. The summed E-state index contributed by atoms with van der Waals surface area (Å²) in [6.45, 7) is 0.603. The van der Waals surface area contributed by atoms with Gasteiger partial charge in [0.2, 0.25) is 0 Å². The van der Waals surface area contributed by atoms with Gasteiger partial charge in [-0.2, -0.15) is 23.5 Å². The Balaban J connectivity index is 1.84. The van der Waals surface area contributed by atoms with Crippen LogP contribution in [0.15, 0.2) is 18.2 Å². The summed E-state index contributed by atoms with van der Waals surface area (Å²) in [7, 11) is 0. The molecule has 0 spiro atoms. The lowest BCUT2D eigenvalue weighted by Gasteiger charge is -2.44. The van der Waals surface area contributed by atoms with Crippen LogP contribution in [-0.2, 0) is 6.18 Å². The minimum absolute atomic E-state index is 0.0825. The first kappa shape index (κ1) is 17.8. The number of hydrogen-bond donors (Lipinski definition) is 1. The highest BCUT2D eigenvalue weighted by atomic mass is 19.4. The molecule has 8 heteroatoms. The lowest BCUT2D eigenvalue weighted by molar-refractivity contribution is -0.170. The van der Waals surface area contributed by atoms with Crippen LogP contribution < -0.4 is 9.47 Å². The van der Waals surface area contributed by atoms with Gasteiger partial charge in [-0.3, -0.25) is 0 Å². The van der Waals surface area contributed by atoms with Crippen molar-refractivity contribution in [3.8, 4) is 17.6 Å². The summed E-state index contributed by atoms with van der Waals surface area (Å²) in [5.41, 5.74) is -0.849. The molecule has 1 saturated carbocycles. The van der Waals surface area contributed by atoms with Crippen molar-refractivity contribution in [2.45, 2.75) is 31.5 Å². The molecule has 136 valence electrons. The summed E-state index contributed by atoms with van der Waals surface area (Å²) in [5, 5.41) is 19.7. The highest BCUT2D eigenvalue weighted by molar-refractivity contribution is 5.44. The van der Waals surface area contributed by atoms with E-state index in [1.54, 1.807) is 6.07 Å². The lowest BCUT2D eigenvalue weighted by atomic mass is 9.76. The van der Waals surface area contributed by atoms with Crippen LogP contribution in [0.1, 0.15) is 24.8 Å². The van der Waals surface area contributed by atoms with E-state index in [4.69, 9.17) is 14.7 Å². The van der Waals surface area contributed by atoms with Gasteiger partial charge in [0.15, 0.2) is 18.1 Å². The Bertz CT molecular complexity index is 646. The van der Waals surface area contributed by atoms with Gasteiger partial charge in [-0.05, 0) is 31.0 Å². The van der Waals surface area contributed by atoms with Gasteiger partial charge in [0, 0.05) is 24.9 Å². The highest BCUT2D eigenvalue weighted by Gasteiger charge is 2.41. The zero-order valence-corrected chi connectivity index (χ0v) is 13.5. The molecule has 1 aliphatic carbocycles. The van der Waals surface area contributed by atoms with E-state index >= 15 is 0 Å². The van der Waals surface area contributed by atoms with Crippen LogP contribution in [0, 0.1) is 23.2 Å². The Labute approximate surface area is 143 Å². The number of hydrogen-bond acceptors (Lipinski definition) is 5. The van der Waals surface area contributed by atoms with Gasteiger partial charge in [0.25, 0.3) is 0 Å². The number of nitriles is 1. The van der Waals surface area contributed by atoms with E-state index in [0.29, 0.717) is 13.1 Å². The third kappa shape index (κ3) is 3.99. The second kappa shape index (κ2) is 7.10. The third-order valence-electron chi connectivity index (χ3n) is 4.80. The fourth-order valence-electron chi connectivity index (χ4n) is 3.71. The van der Waals surface area contributed by atoms with E-state index in [0.717, 1.165) is 31.4 Å². The van der Waals surface area contributed by atoms with E-state index in [-0.39, 0.29) is 36.0 Å². The third-order valence-corrected chi connectivity index (χ3v) is 4.80. The average molecular weight is 356 g/mol. The Morgan fingerprint density at radius 1 is 1.20 bits per heavy atom. The van der Waals surface area contributed by atoms with Crippen molar-refractivity contribution in [1.29, 1.82) is 5.26 Å². The summed E-state index contributed by atoms with van der Waals surface area (Å²) >= 11 is 0. The second-order valence-corrected chi connectivity index (χ2v) is 6.51. The normalized spacial score (nSPS) is 26.8. The number of fused-ring (bicyclic) bond motifs is 2. The van der Waals surface area contributed by atoms with Crippen LogP contribution in [0.4, 0.5) is 13.2 Å².